The SMILES string of the molecule is CCC(C)(C)c1cc(C)c(-c2ccc(O)cc2)c(C)c1. The zero-order valence-corrected chi connectivity index (χ0v) is 13.1. The van der Waals surface area contributed by atoms with Crippen LogP contribution in [0.1, 0.15) is 43.9 Å². The summed E-state index contributed by atoms with van der Waals surface area (Å²) < 4.78 is 0. The van der Waals surface area contributed by atoms with Crippen molar-refractivity contribution < 1.29 is 5.11 Å². The first-order chi connectivity index (χ1) is 9.35. The van der Waals surface area contributed by atoms with E-state index in [0.29, 0.717) is 5.75 Å². The summed E-state index contributed by atoms with van der Waals surface area (Å²) in [7, 11) is 0. The van der Waals surface area contributed by atoms with Crippen molar-refractivity contribution in [3.05, 3.63) is 53.1 Å². The lowest BCUT2D eigenvalue weighted by Gasteiger charge is -2.25. The van der Waals surface area contributed by atoms with Gasteiger partial charge < -0.3 is 5.11 Å². The van der Waals surface area contributed by atoms with Gasteiger partial charge in [0, 0.05) is 0 Å². The summed E-state index contributed by atoms with van der Waals surface area (Å²) in [5.41, 5.74) is 6.65. The van der Waals surface area contributed by atoms with E-state index in [1.165, 1.54) is 27.8 Å². The van der Waals surface area contributed by atoms with E-state index in [4.69, 9.17) is 0 Å². The van der Waals surface area contributed by atoms with Crippen molar-refractivity contribution in [2.75, 3.05) is 0 Å². The average molecular weight is 268 g/mol. The van der Waals surface area contributed by atoms with Gasteiger partial charge in [0.2, 0.25) is 0 Å². The van der Waals surface area contributed by atoms with Crippen LogP contribution in [0, 0.1) is 13.8 Å². The van der Waals surface area contributed by atoms with Crippen LogP contribution in [0.5, 0.6) is 5.75 Å². The van der Waals surface area contributed by atoms with E-state index in [-0.39, 0.29) is 5.41 Å². The number of phenolic OH excluding ortho intramolecular Hbond substituents is 1. The summed E-state index contributed by atoms with van der Waals surface area (Å²) >= 11 is 0. The Labute approximate surface area is 122 Å². The Morgan fingerprint density at radius 1 is 0.950 bits per heavy atom. The molecule has 0 unspecified atom stereocenters. The number of aryl methyl sites for hydroxylation is 2. The lowest BCUT2D eigenvalue weighted by atomic mass is 9.79. The van der Waals surface area contributed by atoms with Gasteiger partial charge in [-0.3, -0.25) is 0 Å². The summed E-state index contributed by atoms with van der Waals surface area (Å²) in [6, 6.07) is 12.1. The van der Waals surface area contributed by atoms with Crippen LogP contribution < -0.4 is 0 Å². The van der Waals surface area contributed by atoms with Crippen LogP contribution in [0.2, 0.25) is 0 Å². The van der Waals surface area contributed by atoms with Crippen molar-refractivity contribution >= 4 is 0 Å². The molecule has 0 spiro atoms. The highest BCUT2D eigenvalue weighted by Crippen LogP contribution is 2.34. The number of hydrogen-bond acceptors (Lipinski definition) is 1. The Morgan fingerprint density at radius 2 is 1.45 bits per heavy atom. The molecule has 106 valence electrons. The molecule has 2 aromatic carbocycles. The molecule has 2 aromatic rings. The third-order valence-electron chi connectivity index (χ3n) is 4.35. The molecule has 1 nitrogen and oxygen atoms in total. The molecule has 1 N–H and O–H groups in total. The molecule has 0 radical (unpaired) electrons. The van der Waals surface area contributed by atoms with Crippen LogP contribution in [0.15, 0.2) is 36.4 Å². The Bertz CT molecular complexity index is 583. The van der Waals surface area contributed by atoms with Crippen molar-refractivity contribution in [2.24, 2.45) is 0 Å². The number of hydrogen-bond donors (Lipinski definition) is 1. The second-order valence-electron chi connectivity index (χ2n) is 6.27. The lowest BCUT2D eigenvalue weighted by molar-refractivity contribution is 0.475. The quantitative estimate of drug-likeness (QED) is 0.794. The van der Waals surface area contributed by atoms with Gasteiger partial charge >= 0.3 is 0 Å². The second-order valence-corrected chi connectivity index (χ2v) is 6.27. The number of benzene rings is 2. The van der Waals surface area contributed by atoms with Crippen molar-refractivity contribution in [2.45, 2.75) is 46.5 Å². The van der Waals surface area contributed by atoms with E-state index in [2.05, 4.69) is 46.8 Å². The van der Waals surface area contributed by atoms with Crippen molar-refractivity contribution in [3.8, 4) is 16.9 Å². The van der Waals surface area contributed by atoms with Crippen molar-refractivity contribution in [1.82, 2.24) is 0 Å². The van der Waals surface area contributed by atoms with Gasteiger partial charge in [-0.05, 0) is 65.6 Å². The number of rotatable bonds is 3. The van der Waals surface area contributed by atoms with Gasteiger partial charge in [0.25, 0.3) is 0 Å². The minimum atomic E-state index is 0.211. The predicted octanol–water partition coefficient (Wildman–Crippen LogP) is 5.36. The maximum Gasteiger partial charge on any atom is 0.115 e. The molecule has 0 atom stereocenters. The molecule has 0 heterocycles. The molecule has 0 aromatic heterocycles. The molecule has 0 saturated carbocycles. The van der Waals surface area contributed by atoms with Gasteiger partial charge in [0.05, 0.1) is 0 Å². The van der Waals surface area contributed by atoms with Crippen molar-refractivity contribution in [1.29, 1.82) is 0 Å². The molecule has 0 aliphatic rings. The first-order valence-corrected chi connectivity index (χ1v) is 7.26. The fraction of sp³-hybridized carbons (Fsp3) is 0.368. The molecule has 0 saturated heterocycles. The largest absolute Gasteiger partial charge is 0.508 e. The summed E-state index contributed by atoms with van der Waals surface area (Å²) in [5, 5.41) is 9.42. The maximum absolute atomic E-state index is 9.42. The van der Waals surface area contributed by atoms with Crippen molar-refractivity contribution in [3.63, 3.8) is 0 Å². The highest BCUT2D eigenvalue weighted by molar-refractivity contribution is 5.72. The summed E-state index contributed by atoms with van der Waals surface area (Å²) in [4.78, 5) is 0. The van der Waals surface area contributed by atoms with E-state index in [1.807, 2.05) is 12.1 Å². The van der Waals surface area contributed by atoms with E-state index in [1.54, 1.807) is 12.1 Å². The topological polar surface area (TPSA) is 20.2 Å². The minimum absolute atomic E-state index is 0.211. The molecule has 1 heteroatoms. The highest BCUT2D eigenvalue weighted by atomic mass is 16.3. The summed E-state index contributed by atoms with van der Waals surface area (Å²) in [5.74, 6) is 0.313. The Kier molecular flexibility index (Phi) is 3.89. The maximum atomic E-state index is 9.42. The predicted molar refractivity (Wildman–Crippen MR) is 86.3 cm³/mol. The van der Waals surface area contributed by atoms with E-state index in [9.17, 15) is 5.11 Å². The normalized spacial score (nSPS) is 11.7. The van der Waals surface area contributed by atoms with Gasteiger partial charge in [-0.15, -0.1) is 0 Å². The van der Waals surface area contributed by atoms with Gasteiger partial charge in [0.15, 0.2) is 0 Å². The summed E-state index contributed by atoms with van der Waals surface area (Å²) in [6.45, 7) is 11.2. The van der Waals surface area contributed by atoms with E-state index < -0.39 is 0 Å². The molecule has 2 rings (SSSR count). The molecule has 20 heavy (non-hydrogen) atoms. The monoisotopic (exact) mass is 268 g/mol. The number of phenols is 1. The first kappa shape index (κ1) is 14.6. The summed E-state index contributed by atoms with van der Waals surface area (Å²) in [6.07, 6.45) is 1.13. The van der Waals surface area contributed by atoms with E-state index in [0.717, 1.165) is 6.42 Å². The van der Waals surface area contributed by atoms with Crippen LogP contribution in [-0.4, -0.2) is 5.11 Å². The Hall–Kier alpha value is -1.76. The van der Waals surface area contributed by atoms with Crippen LogP contribution >= 0.6 is 0 Å². The third-order valence-corrected chi connectivity index (χ3v) is 4.35. The second kappa shape index (κ2) is 5.32. The average Bonchev–Trinajstić information content (AvgIpc) is 2.40. The fourth-order valence-electron chi connectivity index (χ4n) is 2.64. The molecular formula is C19H24O. The van der Waals surface area contributed by atoms with E-state index >= 15 is 0 Å². The zero-order valence-electron chi connectivity index (χ0n) is 13.1. The van der Waals surface area contributed by atoms with Gasteiger partial charge in [-0.25, -0.2) is 0 Å². The Balaban J connectivity index is 2.55. The molecule has 0 aliphatic heterocycles. The zero-order chi connectivity index (χ0) is 14.9. The molecule has 0 fully saturated rings. The van der Waals surface area contributed by atoms with Crippen LogP contribution in [0.3, 0.4) is 0 Å². The molecular weight excluding hydrogens is 244 g/mol. The molecule has 0 bridgehead atoms. The smallest absolute Gasteiger partial charge is 0.115 e. The molecule has 0 aliphatic carbocycles. The number of aromatic hydroxyl groups is 1. The first-order valence-electron chi connectivity index (χ1n) is 7.26. The lowest BCUT2D eigenvalue weighted by Crippen LogP contribution is -2.16. The minimum Gasteiger partial charge on any atom is -0.508 e. The van der Waals surface area contributed by atoms with Crippen LogP contribution in [-0.2, 0) is 5.41 Å². The standard InChI is InChI=1S/C19H24O/c1-6-19(4,5)16-11-13(2)18(14(3)12-16)15-7-9-17(20)10-8-15/h7-12,20H,6H2,1-5H3. The third kappa shape index (κ3) is 2.72. The van der Waals surface area contributed by atoms with Crippen LogP contribution in [0.25, 0.3) is 11.1 Å². The van der Waals surface area contributed by atoms with Crippen LogP contribution in [0.4, 0.5) is 0 Å². The molecule has 0 amide bonds. The van der Waals surface area contributed by atoms with Gasteiger partial charge in [-0.1, -0.05) is 45.0 Å². The van der Waals surface area contributed by atoms with Gasteiger partial charge in [-0.2, -0.15) is 0 Å². The Morgan fingerprint density at radius 3 is 1.90 bits per heavy atom. The van der Waals surface area contributed by atoms with Gasteiger partial charge in [0.1, 0.15) is 5.75 Å². The highest BCUT2D eigenvalue weighted by Gasteiger charge is 2.20. The fourth-order valence-corrected chi connectivity index (χ4v) is 2.64.